The van der Waals surface area contributed by atoms with Gasteiger partial charge in [0.15, 0.2) is 0 Å². The molecule has 0 spiro atoms. The minimum absolute atomic E-state index is 0.676. The summed E-state index contributed by atoms with van der Waals surface area (Å²) in [6.07, 6.45) is 7.22. The summed E-state index contributed by atoms with van der Waals surface area (Å²) in [6, 6.07) is 9.05. The Morgan fingerprint density at radius 1 is 0.667 bits per heavy atom. The zero-order chi connectivity index (χ0) is 17.9. The SMILES string of the molecule is Cc1cc(C)c(C)c(C)c1.Cc1cc(C)c(C2C=CCC2)c(C)c1. The molecule has 1 aliphatic rings. The molecule has 0 radical (unpaired) electrons. The van der Waals surface area contributed by atoms with E-state index in [1.807, 2.05) is 0 Å². The van der Waals surface area contributed by atoms with Crippen molar-refractivity contribution >= 4 is 0 Å². The predicted octanol–water partition coefficient (Wildman–Crippen LogP) is 6.97. The van der Waals surface area contributed by atoms with Gasteiger partial charge in [-0.3, -0.25) is 0 Å². The van der Waals surface area contributed by atoms with Gasteiger partial charge in [0.1, 0.15) is 0 Å². The molecule has 2 aromatic carbocycles. The van der Waals surface area contributed by atoms with E-state index in [4.69, 9.17) is 0 Å². The van der Waals surface area contributed by atoms with Gasteiger partial charge in [-0.15, -0.1) is 0 Å². The molecule has 0 aromatic heterocycles. The van der Waals surface area contributed by atoms with Gasteiger partial charge in [0.2, 0.25) is 0 Å². The molecule has 128 valence electrons. The van der Waals surface area contributed by atoms with Crippen LogP contribution in [-0.4, -0.2) is 0 Å². The summed E-state index contributed by atoms with van der Waals surface area (Å²) >= 11 is 0. The second kappa shape index (κ2) is 7.83. The van der Waals surface area contributed by atoms with Crippen LogP contribution in [0.4, 0.5) is 0 Å². The summed E-state index contributed by atoms with van der Waals surface area (Å²) in [5, 5.41) is 0. The molecule has 0 heterocycles. The van der Waals surface area contributed by atoms with Gasteiger partial charge in [-0.25, -0.2) is 0 Å². The van der Waals surface area contributed by atoms with Gasteiger partial charge < -0.3 is 0 Å². The first-order chi connectivity index (χ1) is 11.3. The normalized spacial score (nSPS) is 16.0. The molecule has 0 amide bonds. The second-order valence-corrected chi connectivity index (χ2v) is 7.45. The largest absolute Gasteiger partial charge is 0.0879 e. The van der Waals surface area contributed by atoms with Crippen molar-refractivity contribution in [3.8, 4) is 0 Å². The second-order valence-electron chi connectivity index (χ2n) is 7.45. The van der Waals surface area contributed by atoms with Crippen LogP contribution < -0.4 is 0 Å². The van der Waals surface area contributed by atoms with Crippen molar-refractivity contribution in [3.05, 3.63) is 80.9 Å². The van der Waals surface area contributed by atoms with E-state index in [2.05, 4.69) is 84.9 Å². The molecular formula is C24H32. The summed E-state index contributed by atoms with van der Waals surface area (Å²) in [5.41, 5.74) is 11.4. The molecule has 0 bridgehead atoms. The Morgan fingerprint density at radius 3 is 1.54 bits per heavy atom. The number of hydrogen-bond acceptors (Lipinski definition) is 0. The van der Waals surface area contributed by atoms with Gasteiger partial charge in [-0.1, -0.05) is 47.5 Å². The Kier molecular flexibility index (Phi) is 6.04. The third-order valence-corrected chi connectivity index (χ3v) is 5.19. The van der Waals surface area contributed by atoms with E-state index >= 15 is 0 Å². The lowest BCUT2D eigenvalue weighted by atomic mass is 9.89. The Hall–Kier alpha value is -1.82. The number of aryl methyl sites for hydroxylation is 6. The van der Waals surface area contributed by atoms with Crippen LogP contribution in [0.5, 0.6) is 0 Å². The molecule has 2 aromatic rings. The summed E-state index contributed by atoms with van der Waals surface area (Å²) < 4.78 is 0. The highest BCUT2D eigenvalue weighted by Crippen LogP contribution is 2.33. The molecule has 24 heavy (non-hydrogen) atoms. The van der Waals surface area contributed by atoms with Gasteiger partial charge in [-0.2, -0.15) is 0 Å². The van der Waals surface area contributed by atoms with Crippen molar-refractivity contribution in [2.45, 2.75) is 67.2 Å². The van der Waals surface area contributed by atoms with Crippen molar-refractivity contribution in [2.24, 2.45) is 0 Å². The molecule has 0 saturated carbocycles. The van der Waals surface area contributed by atoms with Crippen LogP contribution in [0.1, 0.15) is 63.3 Å². The maximum Gasteiger partial charge on any atom is 0.00261 e. The average molecular weight is 321 g/mol. The fraction of sp³-hybridized carbons (Fsp3) is 0.417. The zero-order valence-electron chi connectivity index (χ0n) is 16.5. The van der Waals surface area contributed by atoms with Crippen LogP contribution in [0.15, 0.2) is 36.4 Å². The zero-order valence-corrected chi connectivity index (χ0v) is 16.5. The van der Waals surface area contributed by atoms with Crippen LogP contribution in [0, 0.1) is 48.5 Å². The van der Waals surface area contributed by atoms with E-state index in [0.717, 1.165) is 0 Å². The van der Waals surface area contributed by atoms with E-state index < -0.39 is 0 Å². The van der Waals surface area contributed by atoms with Crippen molar-refractivity contribution in [1.82, 2.24) is 0 Å². The molecule has 1 atom stereocenters. The minimum Gasteiger partial charge on any atom is -0.0879 e. The van der Waals surface area contributed by atoms with Gasteiger partial charge in [-0.05, 0) is 94.7 Å². The fourth-order valence-corrected chi connectivity index (χ4v) is 3.90. The van der Waals surface area contributed by atoms with Gasteiger partial charge >= 0.3 is 0 Å². The van der Waals surface area contributed by atoms with E-state index in [1.54, 1.807) is 5.56 Å². The first-order valence-corrected chi connectivity index (χ1v) is 9.08. The first kappa shape index (κ1) is 18.5. The highest BCUT2D eigenvalue weighted by atomic mass is 14.2. The highest BCUT2D eigenvalue weighted by Gasteiger charge is 2.16. The Bertz CT molecular complexity index is 701. The van der Waals surface area contributed by atoms with E-state index in [1.165, 1.54) is 51.8 Å². The van der Waals surface area contributed by atoms with Gasteiger partial charge in [0.25, 0.3) is 0 Å². The van der Waals surface area contributed by atoms with Gasteiger partial charge in [0.05, 0.1) is 0 Å². The van der Waals surface area contributed by atoms with Crippen LogP contribution in [0.25, 0.3) is 0 Å². The van der Waals surface area contributed by atoms with Crippen molar-refractivity contribution in [1.29, 1.82) is 0 Å². The van der Waals surface area contributed by atoms with Crippen LogP contribution in [-0.2, 0) is 0 Å². The molecule has 0 N–H and O–H groups in total. The average Bonchev–Trinajstić information content (AvgIpc) is 2.98. The molecule has 1 aliphatic carbocycles. The van der Waals surface area contributed by atoms with Crippen molar-refractivity contribution in [2.75, 3.05) is 0 Å². The minimum atomic E-state index is 0.676. The van der Waals surface area contributed by atoms with E-state index in [0.29, 0.717) is 5.92 Å². The van der Waals surface area contributed by atoms with Crippen LogP contribution >= 0.6 is 0 Å². The van der Waals surface area contributed by atoms with Crippen LogP contribution in [0.3, 0.4) is 0 Å². The number of benzene rings is 2. The lowest BCUT2D eigenvalue weighted by Crippen LogP contribution is -1.99. The van der Waals surface area contributed by atoms with E-state index in [9.17, 15) is 0 Å². The van der Waals surface area contributed by atoms with Crippen molar-refractivity contribution in [3.63, 3.8) is 0 Å². The lowest BCUT2D eigenvalue weighted by Gasteiger charge is -2.16. The molecule has 0 aliphatic heterocycles. The number of allylic oxidation sites excluding steroid dienone is 2. The first-order valence-electron chi connectivity index (χ1n) is 9.08. The molecule has 0 nitrogen and oxygen atoms in total. The molecule has 0 heteroatoms. The number of hydrogen-bond donors (Lipinski definition) is 0. The summed E-state index contributed by atoms with van der Waals surface area (Å²) in [5.74, 6) is 0.676. The topological polar surface area (TPSA) is 0 Å². The quantitative estimate of drug-likeness (QED) is 0.498. The lowest BCUT2D eigenvalue weighted by molar-refractivity contribution is 0.788. The summed E-state index contributed by atoms with van der Waals surface area (Å²) in [4.78, 5) is 0. The third kappa shape index (κ3) is 4.38. The summed E-state index contributed by atoms with van der Waals surface area (Å²) in [6.45, 7) is 15.3. The fourth-order valence-electron chi connectivity index (χ4n) is 3.90. The van der Waals surface area contributed by atoms with Crippen molar-refractivity contribution < 1.29 is 0 Å². The van der Waals surface area contributed by atoms with Gasteiger partial charge in [0, 0.05) is 5.92 Å². The standard InChI is InChI=1S/C14H18.C10H14/c1-10-8-11(2)14(12(3)9-10)13-6-4-5-7-13;1-7-5-8(2)10(4)9(3)6-7/h4,6,8-9,13H,5,7H2,1-3H3;5-6H,1-4H3. The highest BCUT2D eigenvalue weighted by molar-refractivity contribution is 5.42. The van der Waals surface area contributed by atoms with Crippen LogP contribution in [0.2, 0.25) is 0 Å². The smallest absolute Gasteiger partial charge is 0.00261 e. The van der Waals surface area contributed by atoms with E-state index in [-0.39, 0.29) is 0 Å². The third-order valence-electron chi connectivity index (χ3n) is 5.19. The molecular weight excluding hydrogens is 288 g/mol. The number of rotatable bonds is 1. The molecule has 0 saturated heterocycles. The Labute approximate surface area is 148 Å². The molecule has 1 unspecified atom stereocenters. The molecule has 0 fully saturated rings. The summed E-state index contributed by atoms with van der Waals surface area (Å²) in [7, 11) is 0. The Morgan fingerprint density at radius 2 is 1.12 bits per heavy atom. The maximum absolute atomic E-state index is 2.37. The maximum atomic E-state index is 2.37. The predicted molar refractivity (Wildman–Crippen MR) is 107 cm³/mol. The Balaban J connectivity index is 0.000000185. The monoisotopic (exact) mass is 320 g/mol. The molecule has 3 rings (SSSR count).